The Morgan fingerprint density at radius 2 is 2.21 bits per heavy atom. The predicted molar refractivity (Wildman–Crippen MR) is 46.0 cm³/mol. The molecule has 0 aliphatic heterocycles. The zero-order valence-electron chi connectivity index (χ0n) is 6.78. The lowest BCUT2D eigenvalue weighted by atomic mass is 10.3. The molecule has 1 aromatic rings. The van der Waals surface area contributed by atoms with Crippen LogP contribution >= 0.6 is 15.9 Å². The molecule has 1 aromatic heterocycles. The van der Waals surface area contributed by atoms with E-state index in [2.05, 4.69) is 25.1 Å². The highest BCUT2D eigenvalue weighted by atomic mass is 79.9. The molecule has 78 valence electrons. The van der Waals surface area contributed by atoms with Crippen LogP contribution in [0.5, 0.6) is 0 Å². The molecule has 0 N–H and O–H groups in total. The lowest BCUT2D eigenvalue weighted by Gasteiger charge is -1.92. The third-order valence-corrected chi connectivity index (χ3v) is 2.58. The molecule has 1 heterocycles. The van der Waals surface area contributed by atoms with Crippen molar-refractivity contribution >= 4 is 32.1 Å². The Labute approximate surface area is 87.2 Å². The van der Waals surface area contributed by atoms with Gasteiger partial charge in [0, 0.05) is 6.07 Å². The molecule has 0 amide bonds. The Hall–Kier alpha value is -0.890. The largest absolute Gasteiger partial charge is 0.465 e. The second-order valence-electron chi connectivity index (χ2n) is 2.18. The van der Waals surface area contributed by atoms with Crippen molar-refractivity contribution in [2.75, 3.05) is 7.11 Å². The maximum atomic E-state index is 12.4. The van der Waals surface area contributed by atoms with Gasteiger partial charge in [-0.2, -0.15) is 8.42 Å². The fraction of sp³-hybridized carbons (Fsp3) is 0.167. The molecular formula is C6H4BrFO5S. The molecule has 0 aliphatic carbocycles. The van der Waals surface area contributed by atoms with E-state index in [1.54, 1.807) is 0 Å². The number of hydrogen-bond donors (Lipinski definition) is 0. The first-order chi connectivity index (χ1) is 6.36. The molecule has 0 atom stereocenters. The van der Waals surface area contributed by atoms with Crippen LogP contribution in [0.25, 0.3) is 0 Å². The maximum absolute atomic E-state index is 12.4. The SMILES string of the molecule is COC(=O)c1cc(S(=O)(=O)F)oc1Br. The van der Waals surface area contributed by atoms with Crippen molar-refractivity contribution in [3.63, 3.8) is 0 Å². The van der Waals surface area contributed by atoms with Crippen LogP contribution in [0.2, 0.25) is 0 Å². The Morgan fingerprint density at radius 3 is 2.57 bits per heavy atom. The van der Waals surface area contributed by atoms with Crippen LogP contribution in [-0.4, -0.2) is 21.5 Å². The van der Waals surface area contributed by atoms with Crippen LogP contribution in [0, 0.1) is 0 Å². The molecule has 0 aromatic carbocycles. The summed E-state index contributed by atoms with van der Waals surface area (Å²) in [6.45, 7) is 0. The Kier molecular flexibility index (Phi) is 2.95. The number of furan rings is 1. The summed E-state index contributed by atoms with van der Waals surface area (Å²) in [5, 5.41) is -0.940. The summed E-state index contributed by atoms with van der Waals surface area (Å²) in [5.41, 5.74) is -0.191. The van der Waals surface area contributed by atoms with E-state index in [-0.39, 0.29) is 10.2 Å². The Bertz CT molecular complexity index is 463. The topological polar surface area (TPSA) is 73.6 Å². The summed E-state index contributed by atoms with van der Waals surface area (Å²) in [6.07, 6.45) is 0. The number of rotatable bonds is 2. The van der Waals surface area contributed by atoms with Crippen LogP contribution < -0.4 is 0 Å². The van der Waals surface area contributed by atoms with E-state index in [9.17, 15) is 17.1 Å². The number of carbonyl (C=O) groups excluding carboxylic acids is 1. The summed E-state index contributed by atoms with van der Waals surface area (Å²) < 4.78 is 41.7. The van der Waals surface area contributed by atoms with Gasteiger partial charge in [-0.3, -0.25) is 0 Å². The minimum Gasteiger partial charge on any atom is -0.465 e. The van der Waals surface area contributed by atoms with Crippen LogP contribution in [-0.2, 0) is 15.0 Å². The predicted octanol–water partition coefficient (Wildman–Crippen LogP) is 1.49. The fourth-order valence-electron chi connectivity index (χ4n) is 0.717. The number of halogens is 2. The lowest BCUT2D eigenvalue weighted by molar-refractivity contribution is 0.0598. The van der Waals surface area contributed by atoms with E-state index in [0.717, 1.165) is 13.2 Å². The van der Waals surface area contributed by atoms with Crippen molar-refractivity contribution in [3.05, 3.63) is 16.3 Å². The molecule has 1 rings (SSSR count). The zero-order chi connectivity index (χ0) is 10.9. The summed E-state index contributed by atoms with van der Waals surface area (Å²) in [7, 11) is -3.85. The maximum Gasteiger partial charge on any atom is 0.365 e. The summed E-state index contributed by atoms with van der Waals surface area (Å²) in [4.78, 5) is 10.9. The minimum atomic E-state index is -4.95. The molecule has 0 saturated carbocycles. The Morgan fingerprint density at radius 1 is 1.64 bits per heavy atom. The summed E-state index contributed by atoms with van der Waals surface area (Å²) in [5.74, 6) is -0.824. The average Bonchev–Trinajstić information content (AvgIpc) is 2.45. The highest BCUT2D eigenvalue weighted by Gasteiger charge is 2.24. The second kappa shape index (κ2) is 3.70. The second-order valence-corrected chi connectivity index (χ2v) is 4.18. The molecule has 0 bridgehead atoms. The molecule has 0 fully saturated rings. The molecular weight excluding hydrogens is 283 g/mol. The Balaban J connectivity index is 3.25. The standard InChI is InChI=1S/C6H4BrFO5S/c1-12-6(9)3-2-4(13-5(3)7)14(8,10)11/h2H,1H3. The van der Waals surface area contributed by atoms with Gasteiger partial charge in [0.2, 0.25) is 0 Å². The van der Waals surface area contributed by atoms with Gasteiger partial charge in [0.1, 0.15) is 5.56 Å². The quantitative estimate of drug-likeness (QED) is 0.608. The van der Waals surface area contributed by atoms with E-state index in [1.165, 1.54) is 0 Å². The number of hydrogen-bond acceptors (Lipinski definition) is 5. The van der Waals surface area contributed by atoms with Crippen LogP contribution in [0.1, 0.15) is 10.4 Å². The molecule has 8 heteroatoms. The van der Waals surface area contributed by atoms with E-state index >= 15 is 0 Å². The van der Waals surface area contributed by atoms with E-state index < -0.39 is 21.3 Å². The van der Waals surface area contributed by atoms with Gasteiger partial charge in [-0.1, -0.05) is 3.89 Å². The van der Waals surface area contributed by atoms with E-state index in [0.29, 0.717) is 0 Å². The summed E-state index contributed by atoms with van der Waals surface area (Å²) in [6, 6.07) is 0.741. The van der Waals surface area contributed by atoms with Gasteiger partial charge in [-0.05, 0) is 15.9 Å². The van der Waals surface area contributed by atoms with Crippen molar-refractivity contribution in [1.82, 2.24) is 0 Å². The molecule has 5 nitrogen and oxygen atoms in total. The molecule has 0 radical (unpaired) electrons. The van der Waals surface area contributed by atoms with Crippen LogP contribution in [0.3, 0.4) is 0 Å². The number of methoxy groups -OCH3 is 1. The van der Waals surface area contributed by atoms with Crippen LogP contribution in [0.15, 0.2) is 20.2 Å². The molecule has 0 aliphatic rings. The monoisotopic (exact) mass is 286 g/mol. The van der Waals surface area contributed by atoms with Crippen molar-refractivity contribution in [2.45, 2.75) is 5.09 Å². The number of ether oxygens (including phenoxy) is 1. The van der Waals surface area contributed by atoms with Gasteiger partial charge in [0.05, 0.1) is 7.11 Å². The number of esters is 1. The number of carbonyl (C=O) groups is 1. The lowest BCUT2D eigenvalue weighted by Crippen LogP contribution is -1.99. The normalized spacial score (nSPS) is 11.4. The van der Waals surface area contributed by atoms with Gasteiger partial charge in [-0.15, -0.1) is 0 Å². The fourth-order valence-corrected chi connectivity index (χ4v) is 1.72. The minimum absolute atomic E-state index is 0.191. The molecule has 14 heavy (non-hydrogen) atoms. The smallest absolute Gasteiger partial charge is 0.365 e. The van der Waals surface area contributed by atoms with Gasteiger partial charge in [-0.25, -0.2) is 4.79 Å². The highest BCUT2D eigenvalue weighted by molar-refractivity contribution is 9.10. The van der Waals surface area contributed by atoms with Crippen molar-refractivity contribution in [2.24, 2.45) is 0 Å². The third kappa shape index (κ3) is 2.13. The first-order valence-electron chi connectivity index (χ1n) is 3.18. The first kappa shape index (κ1) is 11.2. The van der Waals surface area contributed by atoms with Crippen molar-refractivity contribution < 1.29 is 26.3 Å². The van der Waals surface area contributed by atoms with E-state index in [1.807, 2.05) is 0 Å². The van der Waals surface area contributed by atoms with Gasteiger partial charge >= 0.3 is 16.2 Å². The molecule has 0 saturated heterocycles. The third-order valence-electron chi connectivity index (χ3n) is 1.31. The van der Waals surface area contributed by atoms with E-state index in [4.69, 9.17) is 0 Å². The van der Waals surface area contributed by atoms with Crippen molar-refractivity contribution in [3.8, 4) is 0 Å². The first-order valence-corrected chi connectivity index (χ1v) is 5.36. The molecule has 0 unspecified atom stereocenters. The van der Waals surface area contributed by atoms with Gasteiger partial charge in [0.15, 0.2) is 4.67 Å². The van der Waals surface area contributed by atoms with Crippen LogP contribution in [0.4, 0.5) is 3.89 Å². The summed E-state index contributed by atoms with van der Waals surface area (Å²) >= 11 is 2.75. The average molecular weight is 287 g/mol. The van der Waals surface area contributed by atoms with Gasteiger partial charge in [0.25, 0.3) is 5.09 Å². The zero-order valence-corrected chi connectivity index (χ0v) is 9.19. The van der Waals surface area contributed by atoms with Crippen molar-refractivity contribution in [1.29, 1.82) is 0 Å². The molecule has 0 spiro atoms. The van der Waals surface area contributed by atoms with Gasteiger partial charge < -0.3 is 9.15 Å². The highest BCUT2D eigenvalue weighted by Crippen LogP contribution is 2.26.